The van der Waals surface area contributed by atoms with Crippen molar-refractivity contribution in [3.8, 4) is 0 Å². The zero-order valence-electron chi connectivity index (χ0n) is 9.31. The lowest BCUT2D eigenvalue weighted by Gasteiger charge is -2.27. The van der Waals surface area contributed by atoms with Gasteiger partial charge in [0.05, 0.1) is 6.10 Å². The van der Waals surface area contributed by atoms with E-state index in [9.17, 15) is 5.11 Å². The fourth-order valence-electron chi connectivity index (χ4n) is 1.74. The Morgan fingerprint density at radius 2 is 2.20 bits per heavy atom. The van der Waals surface area contributed by atoms with E-state index in [1.165, 1.54) is 0 Å². The third-order valence-electron chi connectivity index (χ3n) is 2.89. The molecule has 0 saturated heterocycles. The summed E-state index contributed by atoms with van der Waals surface area (Å²) >= 11 is 0. The first-order valence-corrected chi connectivity index (χ1v) is 5.65. The fourth-order valence-corrected chi connectivity index (χ4v) is 1.74. The molecule has 2 rings (SSSR count). The number of aryl methyl sites for hydroxylation is 1. The lowest BCUT2D eigenvalue weighted by molar-refractivity contribution is 0.0625. The first-order chi connectivity index (χ1) is 7.15. The maximum Gasteiger partial charge on any atom is 0.229 e. The second-order valence-electron chi connectivity index (χ2n) is 4.80. The largest absolute Gasteiger partial charge is 0.393 e. The Labute approximate surface area is 89.7 Å². The molecule has 1 aliphatic carbocycles. The van der Waals surface area contributed by atoms with Gasteiger partial charge in [0.1, 0.15) is 0 Å². The first kappa shape index (κ1) is 10.6. The Bertz CT molecular complexity index is 316. The van der Waals surface area contributed by atoms with Gasteiger partial charge in [0, 0.05) is 12.3 Å². The van der Waals surface area contributed by atoms with Crippen molar-refractivity contribution in [1.82, 2.24) is 10.1 Å². The van der Waals surface area contributed by atoms with E-state index in [2.05, 4.69) is 24.0 Å². The average molecular weight is 210 g/mol. The second-order valence-corrected chi connectivity index (χ2v) is 4.80. The zero-order valence-corrected chi connectivity index (χ0v) is 9.31. The van der Waals surface area contributed by atoms with Crippen LogP contribution in [-0.2, 0) is 6.42 Å². The minimum atomic E-state index is -0.166. The summed E-state index contributed by atoms with van der Waals surface area (Å²) < 4.78 is 5.18. The van der Waals surface area contributed by atoms with Crippen LogP contribution in [0.5, 0.6) is 0 Å². The van der Waals surface area contributed by atoms with Gasteiger partial charge in [-0.15, -0.1) is 0 Å². The van der Waals surface area contributed by atoms with Gasteiger partial charge in [0.25, 0.3) is 0 Å². The Morgan fingerprint density at radius 3 is 2.80 bits per heavy atom. The van der Waals surface area contributed by atoms with Gasteiger partial charge in [0.2, 0.25) is 5.89 Å². The first-order valence-electron chi connectivity index (χ1n) is 5.65. The van der Waals surface area contributed by atoms with Crippen molar-refractivity contribution in [3.05, 3.63) is 11.7 Å². The molecule has 0 atom stereocenters. The highest BCUT2D eigenvalue weighted by molar-refractivity contribution is 5.01. The van der Waals surface area contributed by atoms with Crippen LogP contribution in [0.15, 0.2) is 4.52 Å². The molecule has 0 aromatic carbocycles. The molecule has 0 unspecified atom stereocenters. The standard InChI is InChI=1S/C11H18N2O2/c1-7(2)3-4-10-12-11(15-13-10)8-5-9(14)6-8/h7-9,14H,3-6H2,1-2H3. The lowest BCUT2D eigenvalue weighted by Crippen LogP contribution is -2.26. The van der Waals surface area contributed by atoms with Crippen LogP contribution in [0.2, 0.25) is 0 Å². The molecule has 0 aliphatic heterocycles. The maximum atomic E-state index is 9.17. The molecular weight excluding hydrogens is 192 g/mol. The van der Waals surface area contributed by atoms with Crippen molar-refractivity contribution in [2.75, 3.05) is 0 Å². The van der Waals surface area contributed by atoms with E-state index in [-0.39, 0.29) is 6.10 Å². The molecule has 0 spiro atoms. The monoisotopic (exact) mass is 210 g/mol. The van der Waals surface area contributed by atoms with Gasteiger partial charge in [-0.3, -0.25) is 0 Å². The van der Waals surface area contributed by atoms with Gasteiger partial charge in [-0.1, -0.05) is 19.0 Å². The Hall–Kier alpha value is -0.900. The summed E-state index contributed by atoms with van der Waals surface area (Å²) in [7, 11) is 0. The quantitative estimate of drug-likeness (QED) is 0.824. The minimum absolute atomic E-state index is 0.166. The molecule has 1 aliphatic rings. The molecule has 4 heteroatoms. The summed E-state index contributed by atoms with van der Waals surface area (Å²) in [5.74, 6) is 2.47. The molecule has 84 valence electrons. The molecule has 1 saturated carbocycles. The van der Waals surface area contributed by atoms with E-state index in [0.29, 0.717) is 17.7 Å². The van der Waals surface area contributed by atoms with Gasteiger partial charge in [-0.05, 0) is 25.2 Å². The molecule has 1 aromatic heterocycles. The van der Waals surface area contributed by atoms with Crippen LogP contribution in [0.1, 0.15) is 50.7 Å². The van der Waals surface area contributed by atoms with E-state index < -0.39 is 0 Å². The number of hydrogen-bond acceptors (Lipinski definition) is 4. The summed E-state index contributed by atoms with van der Waals surface area (Å²) in [4.78, 5) is 4.35. The van der Waals surface area contributed by atoms with E-state index in [1.807, 2.05) is 0 Å². The highest BCUT2D eigenvalue weighted by atomic mass is 16.5. The number of aliphatic hydroxyl groups excluding tert-OH is 1. The molecular formula is C11H18N2O2. The number of aromatic nitrogens is 2. The average Bonchev–Trinajstić information content (AvgIpc) is 2.57. The van der Waals surface area contributed by atoms with E-state index in [1.54, 1.807) is 0 Å². The number of hydrogen-bond donors (Lipinski definition) is 1. The maximum absolute atomic E-state index is 9.17. The molecule has 0 radical (unpaired) electrons. The Morgan fingerprint density at radius 1 is 1.47 bits per heavy atom. The molecule has 1 aromatic rings. The van der Waals surface area contributed by atoms with Crippen molar-refractivity contribution in [2.24, 2.45) is 5.92 Å². The van der Waals surface area contributed by atoms with Crippen LogP contribution in [0.4, 0.5) is 0 Å². The van der Waals surface area contributed by atoms with Gasteiger partial charge in [-0.2, -0.15) is 4.98 Å². The summed E-state index contributed by atoms with van der Waals surface area (Å²) in [6.45, 7) is 4.37. The van der Waals surface area contributed by atoms with Crippen molar-refractivity contribution in [3.63, 3.8) is 0 Å². The zero-order chi connectivity index (χ0) is 10.8. The number of aliphatic hydroxyl groups is 1. The van der Waals surface area contributed by atoms with Crippen LogP contribution >= 0.6 is 0 Å². The molecule has 15 heavy (non-hydrogen) atoms. The summed E-state index contributed by atoms with van der Waals surface area (Å²) in [5.41, 5.74) is 0. The van der Waals surface area contributed by atoms with Crippen LogP contribution in [0.3, 0.4) is 0 Å². The van der Waals surface area contributed by atoms with Crippen molar-refractivity contribution in [2.45, 2.75) is 51.6 Å². The number of nitrogens with zero attached hydrogens (tertiary/aromatic N) is 2. The normalized spacial score (nSPS) is 25.6. The third-order valence-corrected chi connectivity index (χ3v) is 2.89. The summed E-state index contributed by atoms with van der Waals surface area (Å²) in [6, 6.07) is 0. The van der Waals surface area contributed by atoms with Crippen molar-refractivity contribution in [1.29, 1.82) is 0 Å². The van der Waals surface area contributed by atoms with E-state index >= 15 is 0 Å². The lowest BCUT2D eigenvalue weighted by atomic mass is 9.82. The van der Waals surface area contributed by atoms with Gasteiger partial charge >= 0.3 is 0 Å². The van der Waals surface area contributed by atoms with Gasteiger partial charge < -0.3 is 9.63 Å². The summed E-state index contributed by atoms with van der Waals surface area (Å²) in [6.07, 6.45) is 3.35. The molecule has 0 amide bonds. The van der Waals surface area contributed by atoms with Crippen LogP contribution in [0, 0.1) is 5.92 Å². The molecule has 1 N–H and O–H groups in total. The SMILES string of the molecule is CC(C)CCc1noc(C2CC(O)C2)n1. The topological polar surface area (TPSA) is 59.2 Å². The predicted molar refractivity (Wildman–Crippen MR) is 55.4 cm³/mol. The van der Waals surface area contributed by atoms with Crippen molar-refractivity contribution < 1.29 is 9.63 Å². The molecule has 1 heterocycles. The van der Waals surface area contributed by atoms with Gasteiger partial charge in [0.15, 0.2) is 5.82 Å². The molecule has 0 bridgehead atoms. The van der Waals surface area contributed by atoms with Crippen LogP contribution in [0.25, 0.3) is 0 Å². The molecule has 1 fully saturated rings. The summed E-state index contributed by atoms with van der Waals surface area (Å²) in [5, 5.41) is 13.1. The fraction of sp³-hybridized carbons (Fsp3) is 0.818. The van der Waals surface area contributed by atoms with Gasteiger partial charge in [-0.25, -0.2) is 0 Å². The smallest absolute Gasteiger partial charge is 0.229 e. The Kier molecular flexibility index (Phi) is 3.05. The highest BCUT2D eigenvalue weighted by Gasteiger charge is 2.32. The van der Waals surface area contributed by atoms with E-state index in [0.717, 1.165) is 31.5 Å². The highest BCUT2D eigenvalue weighted by Crippen LogP contribution is 2.35. The minimum Gasteiger partial charge on any atom is -0.393 e. The Balaban J connectivity index is 1.87. The van der Waals surface area contributed by atoms with Crippen LogP contribution in [-0.4, -0.2) is 21.4 Å². The number of rotatable bonds is 4. The van der Waals surface area contributed by atoms with Crippen LogP contribution < -0.4 is 0 Å². The molecule has 4 nitrogen and oxygen atoms in total. The predicted octanol–water partition coefficient (Wildman–Crippen LogP) is 1.90. The third kappa shape index (κ3) is 2.56. The van der Waals surface area contributed by atoms with E-state index in [4.69, 9.17) is 4.52 Å². The van der Waals surface area contributed by atoms with Crippen molar-refractivity contribution >= 4 is 0 Å². The second kappa shape index (κ2) is 4.31.